The van der Waals surface area contributed by atoms with Crippen LogP contribution in [0.25, 0.3) is 0 Å². The zero-order chi connectivity index (χ0) is 13.8. The van der Waals surface area contributed by atoms with Gasteiger partial charge in [0.25, 0.3) is 5.91 Å². The molecule has 1 heterocycles. The van der Waals surface area contributed by atoms with E-state index in [1.165, 1.54) is 6.42 Å². The molecule has 1 aliphatic heterocycles. The number of halogens is 1. The van der Waals surface area contributed by atoms with Gasteiger partial charge < -0.3 is 10.2 Å². The van der Waals surface area contributed by atoms with Crippen molar-refractivity contribution in [2.75, 3.05) is 19.6 Å². The third-order valence-corrected chi connectivity index (χ3v) is 4.23. The van der Waals surface area contributed by atoms with Gasteiger partial charge in [0.05, 0.1) is 0 Å². The van der Waals surface area contributed by atoms with Gasteiger partial charge >= 0.3 is 0 Å². The third kappa shape index (κ3) is 4.05. The molecule has 1 aliphatic rings. The Hall–Kier alpha value is -0.870. The van der Waals surface area contributed by atoms with E-state index in [0.29, 0.717) is 12.0 Å². The highest BCUT2D eigenvalue weighted by molar-refractivity contribution is 9.10. The molecule has 1 atom stereocenters. The SMILES string of the molecule is CC(C)N1CCC(CNC(=O)c2ccc(Br)cc2)C1. The Bertz CT molecular complexity index is 430. The number of hydrogen-bond acceptors (Lipinski definition) is 2. The first-order valence-corrected chi connectivity index (χ1v) is 7.63. The van der Waals surface area contributed by atoms with Gasteiger partial charge in [-0.2, -0.15) is 0 Å². The number of carbonyl (C=O) groups is 1. The number of carbonyl (C=O) groups excluding carboxylic acids is 1. The molecule has 1 unspecified atom stereocenters. The molecule has 0 saturated carbocycles. The molecule has 1 saturated heterocycles. The van der Waals surface area contributed by atoms with Crippen LogP contribution in [0.1, 0.15) is 30.6 Å². The zero-order valence-electron chi connectivity index (χ0n) is 11.5. The number of rotatable bonds is 4. The Morgan fingerprint density at radius 1 is 1.42 bits per heavy atom. The van der Waals surface area contributed by atoms with Crippen molar-refractivity contribution in [2.24, 2.45) is 5.92 Å². The summed E-state index contributed by atoms with van der Waals surface area (Å²) in [5.41, 5.74) is 0.724. The van der Waals surface area contributed by atoms with Gasteiger partial charge in [0, 0.05) is 29.2 Å². The Morgan fingerprint density at radius 3 is 2.68 bits per heavy atom. The van der Waals surface area contributed by atoms with E-state index in [1.807, 2.05) is 24.3 Å². The number of hydrogen-bond donors (Lipinski definition) is 1. The Labute approximate surface area is 123 Å². The third-order valence-electron chi connectivity index (χ3n) is 3.71. The summed E-state index contributed by atoms with van der Waals surface area (Å²) < 4.78 is 0.993. The molecule has 1 N–H and O–H groups in total. The van der Waals surface area contributed by atoms with Gasteiger partial charge in [-0.3, -0.25) is 4.79 Å². The van der Waals surface area contributed by atoms with Crippen LogP contribution < -0.4 is 5.32 Å². The average Bonchev–Trinajstić information content (AvgIpc) is 2.86. The van der Waals surface area contributed by atoms with E-state index in [2.05, 4.69) is 40.0 Å². The van der Waals surface area contributed by atoms with E-state index in [1.54, 1.807) is 0 Å². The smallest absolute Gasteiger partial charge is 0.251 e. The number of nitrogens with one attached hydrogen (secondary N) is 1. The van der Waals surface area contributed by atoms with Crippen molar-refractivity contribution in [3.8, 4) is 0 Å². The summed E-state index contributed by atoms with van der Waals surface area (Å²) in [5.74, 6) is 0.609. The molecule has 0 bridgehead atoms. The number of amides is 1. The second kappa shape index (κ2) is 6.53. The molecule has 4 heteroatoms. The van der Waals surface area contributed by atoms with E-state index >= 15 is 0 Å². The van der Waals surface area contributed by atoms with Crippen LogP contribution in [0, 0.1) is 5.92 Å². The Balaban J connectivity index is 1.80. The van der Waals surface area contributed by atoms with Gasteiger partial charge in [0.15, 0.2) is 0 Å². The van der Waals surface area contributed by atoms with Gasteiger partial charge in [-0.15, -0.1) is 0 Å². The predicted octanol–water partition coefficient (Wildman–Crippen LogP) is 2.91. The fraction of sp³-hybridized carbons (Fsp3) is 0.533. The summed E-state index contributed by atoms with van der Waals surface area (Å²) in [6.07, 6.45) is 1.18. The lowest BCUT2D eigenvalue weighted by Gasteiger charge is -2.20. The summed E-state index contributed by atoms with van der Waals surface area (Å²) in [7, 11) is 0. The van der Waals surface area contributed by atoms with Crippen LogP contribution in [-0.4, -0.2) is 36.5 Å². The highest BCUT2D eigenvalue weighted by atomic mass is 79.9. The maximum absolute atomic E-state index is 12.0. The molecule has 0 aromatic heterocycles. The molecule has 0 radical (unpaired) electrons. The fourth-order valence-corrected chi connectivity index (χ4v) is 2.70. The van der Waals surface area contributed by atoms with Crippen LogP contribution in [0.3, 0.4) is 0 Å². The van der Waals surface area contributed by atoms with E-state index in [4.69, 9.17) is 0 Å². The van der Waals surface area contributed by atoms with Crippen LogP contribution in [-0.2, 0) is 0 Å². The summed E-state index contributed by atoms with van der Waals surface area (Å²) in [5, 5.41) is 3.04. The molecule has 19 heavy (non-hydrogen) atoms. The van der Waals surface area contributed by atoms with Gasteiger partial charge in [-0.05, 0) is 57.0 Å². The van der Waals surface area contributed by atoms with Crippen LogP contribution in [0.15, 0.2) is 28.7 Å². The largest absolute Gasteiger partial charge is 0.352 e. The number of benzene rings is 1. The van der Waals surface area contributed by atoms with Gasteiger partial charge in [-0.25, -0.2) is 0 Å². The minimum Gasteiger partial charge on any atom is -0.352 e. The van der Waals surface area contributed by atoms with E-state index in [-0.39, 0.29) is 5.91 Å². The molecule has 0 aliphatic carbocycles. The highest BCUT2D eigenvalue weighted by Gasteiger charge is 2.24. The molecule has 0 spiro atoms. The molecule has 3 nitrogen and oxygen atoms in total. The Morgan fingerprint density at radius 2 is 2.11 bits per heavy atom. The molecule has 1 fully saturated rings. The molecular formula is C15H21BrN2O. The average molecular weight is 325 g/mol. The van der Waals surface area contributed by atoms with Crippen molar-refractivity contribution in [2.45, 2.75) is 26.3 Å². The maximum Gasteiger partial charge on any atom is 0.251 e. The van der Waals surface area contributed by atoms with Gasteiger partial charge in [0.2, 0.25) is 0 Å². The van der Waals surface area contributed by atoms with Gasteiger partial charge in [0.1, 0.15) is 0 Å². The van der Waals surface area contributed by atoms with Crippen molar-refractivity contribution in [1.82, 2.24) is 10.2 Å². The first kappa shape index (κ1) is 14.5. The van der Waals surface area contributed by atoms with Crippen LogP contribution >= 0.6 is 15.9 Å². The normalized spacial score (nSPS) is 19.9. The second-order valence-electron chi connectivity index (χ2n) is 5.46. The molecule has 2 rings (SSSR count). The summed E-state index contributed by atoms with van der Waals surface area (Å²) in [6, 6.07) is 8.08. The Kier molecular flexibility index (Phi) is 4.99. The highest BCUT2D eigenvalue weighted by Crippen LogP contribution is 2.18. The van der Waals surface area contributed by atoms with Crippen molar-refractivity contribution in [1.29, 1.82) is 0 Å². The molecule has 1 aromatic carbocycles. The van der Waals surface area contributed by atoms with Gasteiger partial charge in [-0.1, -0.05) is 15.9 Å². The number of likely N-dealkylation sites (tertiary alicyclic amines) is 1. The van der Waals surface area contributed by atoms with Crippen LogP contribution in [0.5, 0.6) is 0 Å². The maximum atomic E-state index is 12.0. The van der Waals surface area contributed by atoms with E-state index in [9.17, 15) is 4.79 Å². The second-order valence-corrected chi connectivity index (χ2v) is 6.38. The molecular weight excluding hydrogens is 304 g/mol. The zero-order valence-corrected chi connectivity index (χ0v) is 13.1. The molecule has 1 aromatic rings. The van der Waals surface area contributed by atoms with Crippen molar-refractivity contribution in [3.63, 3.8) is 0 Å². The lowest BCUT2D eigenvalue weighted by Crippen LogP contribution is -2.32. The monoisotopic (exact) mass is 324 g/mol. The van der Waals surface area contributed by atoms with Crippen LogP contribution in [0.2, 0.25) is 0 Å². The van der Waals surface area contributed by atoms with E-state index < -0.39 is 0 Å². The lowest BCUT2D eigenvalue weighted by molar-refractivity contribution is 0.0947. The fourth-order valence-electron chi connectivity index (χ4n) is 2.44. The van der Waals surface area contributed by atoms with Crippen molar-refractivity contribution in [3.05, 3.63) is 34.3 Å². The summed E-state index contributed by atoms with van der Waals surface area (Å²) in [6.45, 7) is 7.47. The molecule has 1 amide bonds. The van der Waals surface area contributed by atoms with Crippen LogP contribution in [0.4, 0.5) is 0 Å². The predicted molar refractivity (Wildman–Crippen MR) is 81.3 cm³/mol. The van der Waals surface area contributed by atoms with Crippen molar-refractivity contribution >= 4 is 21.8 Å². The molecule has 104 valence electrons. The summed E-state index contributed by atoms with van der Waals surface area (Å²) >= 11 is 3.37. The minimum absolute atomic E-state index is 0.0236. The van der Waals surface area contributed by atoms with E-state index in [0.717, 1.165) is 29.7 Å². The topological polar surface area (TPSA) is 32.3 Å². The first-order valence-electron chi connectivity index (χ1n) is 6.84. The minimum atomic E-state index is 0.0236. The first-order chi connectivity index (χ1) is 9.06. The lowest BCUT2D eigenvalue weighted by atomic mass is 10.1. The summed E-state index contributed by atoms with van der Waals surface area (Å²) in [4.78, 5) is 14.5. The quantitative estimate of drug-likeness (QED) is 0.923. The standard InChI is InChI=1S/C15H21BrN2O/c1-11(2)18-8-7-12(10-18)9-17-15(19)13-3-5-14(16)6-4-13/h3-6,11-12H,7-10H2,1-2H3,(H,17,19). The number of nitrogens with zero attached hydrogens (tertiary/aromatic N) is 1. The van der Waals surface area contributed by atoms with Crippen molar-refractivity contribution < 1.29 is 4.79 Å².